The molecule has 0 aromatic rings. The summed E-state index contributed by atoms with van der Waals surface area (Å²) in [5, 5.41) is 3.26. The van der Waals surface area contributed by atoms with Gasteiger partial charge in [-0.05, 0) is 30.6 Å². The number of nitrogens with one attached hydrogen (secondary N) is 1. The van der Waals surface area contributed by atoms with Crippen molar-refractivity contribution in [2.45, 2.75) is 46.1 Å². The van der Waals surface area contributed by atoms with Crippen LogP contribution >= 0.6 is 24.8 Å². The Balaban J connectivity index is 2.52. The summed E-state index contributed by atoms with van der Waals surface area (Å²) in [7, 11) is 0. The van der Waals surface area contributed by atoms with Crippen molar-refractivity contribution >= 4 is 29.2 Å². The van der Waals surface area contributed by atoms with Gasteiger partial charge in [0.25, 0.3) is 0 Å². The van der Waals surface area contributed by atoms with Crippen LogP contribution in [-0.4, -0.2) is 10.4 Å². The number of hydrogen-bond donors (Lipinski definition) is 2. The van der Waals surface area contributed by atoms with Gasteiger partial charge in [0.1, 0.15) is 4.32 Å². The molecule has 1 rings (SSSR count). The van der Waals surface area contributed by atoms with Crippen LogP contribution in [0.15, 0.2) is 0 Å². The second-order valence-corrected chi connectivity index (χ2v) is 6.22. The van der Waals surface area contributed by atoms with E-state index in [9.17, 15) is 0 Å². The average Bonchev–Trinajstić information content (AvgIpc) is 1.78. The highest BCUT2D eigenvalue weighted by Gasteiger charge is 2.31. The molecule has 1 nitrogen and oxygen atoms in total. The van der Waals surface area contributed by atoms with E-state index in [1.165, 1.54) is 19.3 Å². The standard InChI is InChI=1S/C10H19NS2/c1-7-4-8(11-9(12)13)6-10(2,3)5-7/h7-8H,4-6H2,1-3H3,(H2,11,12,13)/t7-,8+/m1/s1. The van der Waals surface area contributed by atoms with Crippen molar-refractivity contribution in [1.29, 1.82) is 0 Å². The molecule has 76 valence electrons. The van der Waals surface area contributed by atoms with E-state index in [1.807, 2.05) is 0 Å². The number of hydrogen-bond acceptors (Lipinski definition) is 1. The molecule has 1 aliphatic rings. The Morgan fingerprint density at radius 1 is 1.46 bits per heavy atom. The molecule has 0 aromatic heterocycles. The van der Waals surface area contributed by atoms with Gasteiger partial charge in [-0.15, -0.1) is 12.6 Å². The van der Waals surface area contributed by atoms with Gasteiger partial charge in [0.2, 0.25) is 0 Å². The van der Waals surface area contributed by atoms with E-state index in [1.54, 1.807) is 0 Å². The molecule has 0 spiro atoms. The fourth-order valence-corrected chi connectivity index (χ4v) is 2.98. The third kappa shape index (κ3) is 3.86. The monoisotopic (exact) mass is 217 g/mol. The Bertz CT molecular complexity index is 201. The number of thiol groups is 1. The van der Waals surface area contributed by atoms with Gasteiger partial charge in [-0.1, -0.05) is 33.0 Å². The van der Waals surface area contributed by atoms with E-state index >= 15 is 0 Å². The lowest BCUT2D eigenvalue weighted by molar-refractivity contribution is 0.162. The summed E-state index contributed by atoms with van der Waals surface area (Å²) >= 11 is 9.06. The van der Waals surface area contributed by atoms with Crippen LogP contribution in [-0.2, 0) is 0 Å². The van der Waals surface area contributed by atoms with Gasteiger partial charge in [0.05, 0.1) is 0 Å². The topological polar surface area (TPSA) is 12.0 Å². The van der Waals surface area contributed by atoms with E-state index < -0.39 is 0 Å². The van der Waals surface area contributed by atoms with E-state index in [0.717, 1.165) is 5.92 Å². The van der Waals surface area contributed by atoms with Crippen molar-refractivity contribution in [3.05, 3.63) is 0 Å². The molecule has 0 bridgehead atoms. The molecule has 3 heteroatoms. The largest absolute Gasteiger partial charge is 0.368 e. The van der Waals surface area contributed by atoms with Crippen LogP contribution in [0.5, 0.6) is 0 Å². The summed E-state index contributed by atoms with van der Waals surface area (Å²) in [6.45, 7) is 6.98. The first kappa shape index (κ1) is 11.3. The van der Waals surface area contributed by atoms with Crippen LogP contribution in [0.3, 0.4) is 0 Å². The zero-order valence-electron chi connectivity index (χ0n) is 8.63. The van der Waals surface area contributed by atoms with Crippen molar-refractivity contribution in [3.63, 3.8) is 0 Å². The molecule has 1 saturated carbocycles. The van der Waals surface area contributed by atoms with Crippen LogP contribution in [0, 0.1) is 11.3 Å². The molecule has 0 radical (unpaired) electrons. The normalized spacial score (nSPS) is 32.6. The molecule has 1 aliphatic carbocycles. The Kier molecular flexibility index (Phi) is 3.64. The van der Waals surface area contributed by atoms with E-state index in [2.05, 4.69) is 38.7 Å². The zero-order valence-corrected chi connectivity index (χ0v) is 10.3. The van der Waals surface area contributed by atoms with Gasteiger partial charge < -0.3 is 5.32 Å². The summed E-state index contributed by atoms with van der Waals surface area (Å²) in [4.78, 5) is 0. The fraction of sp³-hybridized carbons (Fsp3) is 0.900. The van der Waals surface area contributed by atoms with Crippen molar-refractivity contribution in [3.8, 4) is 0 Å². The summed E-state index contributed by atoms with van der Waals surface area (Å²) in [5.41, 5.74) is 0.452. The lowest BCUT2D eigenvalue weighted by Crippen LogP contribution is -2.41. The molecule has 2 atom stereocenters. The minimum Gasteiger partial charge on any atom is -0.368 e. The lowest BCUT2D eigenvalue weighted by atomic mass is 9.71. The molecule has 1 N–H and O–H groups in total. The maximum atomic E-state index is 4.94. The van der Waals surface area contributed by atoms with Crippen molar-refractivity contribution in [1.82, 2.24) is 5.32 Å². The van der Waals surface area contributed by atoms with Gasteiger partial charge in [-0.3, -0.25) is 0 Å². The molecule has 1 fully saturated rings. The summed E-state index contributed by atoms with van der Waals surface area (Å²) in [6.07, 6.45) is 3.76. The molecule has 0 aliphatic heterocycles. The number of thiocarbonyl (C=S) groups is 1. The first-order chi connectivity index (χ1) is 5.89. The average molecular weight is 217 g/mol. The second kappa shape index (κ2) is 4.18. The van der Waals surface area contributed by atoms with Crippen LogP contribution in [0.4, 0.5) is 0 Å². The van der Waals surface area contributed by atoms with Gasteiger partial charge in [-0.2, -0.15) is 0 Å². The molecule has 13 heavy (non-hydrogen) atoms. The highest BCUT2D eigenvalue weighted by molar-refractivity contribution is 8.11. The molecule has 0 unspecified atom stereocenters. The molecular weight excluding hydrogens is 198 g/mol. The third-order valence-corrected chi connectivity index (χ3v) is 2.96. The Labute approximate surface area is 92.1 Å². The Morgan fingerprint density at radius 2 is 2.08 bits per heavy atom. The zero-order chi connectivity index (χ0) is 10.1. The van der Waals surface area contributed by atoms with Crippen LogP contribution in [0.2, 0.25) is 0 Å². The van der Waals surface area contributed by atoms with Crippen LogP contribution < -0.4 is 5.32 Å². The lowest BCUT2D eigenvalue weighted by Gasteiger charge is -2.39. The SMILES string of the molecule is C[C@@H]1C[C@H](NC(=S)S)CC(C)(C)C1. The predicted molar refractivity (Wildman–Crippen MR) is 65.3 cm³/mol. The molecule has 0 amide bonds. The summed E-state index contributed by atoms with van der Waals surface area (Å²) in [5.74, 6) is 0.795. The van der Waals surface area contributed by atoms with E-state index in [0.29, 0.717) is 15.8 Å². The summed E-state index contributed by atoms with van der Waals surface area (Å²) < 4.78 is 0.634. The smallest absolute Gasteiger partial charge is 0.130 e. The van der Waals surface area contributed by atoms with E-state index in [4.69, 9.17) is 12.2 Å². The quantitative estimate of drug-likeness (QED) is 0.517. The molecule has 0 aromatic carbocycles. The molecule has 0 heterocycles. The first-order valence-corrected chi connectivity index (χ1v) is 5.74. The maximum absolute atomic E-state index is 4.94. The van der Waals surface area contributed by atoms with Gasteiger partial charge in [0.15, 0.2) is 0 Å². The van der Waals surface area contributed by atoms with Crippen LogP contribution in [0.25, 0.3) is 0 Å². The Hall–Kier alpha value is 0.240. The van der Waals surface area contributed by atoms with Crippen molar-refractivity contribution in [2.24, 2.45) is 11.3 Å². The fourth-order valence-electron chi connectivity index (χ4n) is 2.63. The van der Waals surface area contributed by atoms with Gasteiger partial charge in [-0.25, -0.2) is 0 Å². The second-order valence-electron chi connectivity index (χ2n) is 5.06. The highest BCUT2D eigenvalue weighted by Crippen LogP contribution is 2.38. The predicted octanol–water partition coefficient (Wildman–Crippen LogP) is 3.01. The van der Waals surface area contributed by atoms with Gasteiger partial charge in [0, 0.05) is 6.04 Å². The third-order valence-electron chi connectivity index (χ3n) is 2.71. The summed E-state index contributed by atoms with van der Waals surface area (Å²) in [6, 6.07) is 0.531. The van der Waals surface area contributed by atoms with E-state index in [-0.39, 0.29) is 0 Å². The number of rotatable bonds is 1. The first-order valence-electron chi connectivity index (χ1n) is 4.88. The van der Waals surface area contributed by atoms with Crippen molar-refractivity contribution < 1.29 is 0 Å². The van der Waals surface area contributed by atoms with Crippen LogP contribution in [0.1, 0.15) is 40.0 Å². The minimum atomic E-state index is 0.452. The highest BCUT2D eigenvalue weighted by atomic mass is 32.1. The molecular formula is C10H19NS2. The van der Waals surface area contributed by atoms with Crippen molar-refractivity contribution in [2.75, 3.05) is 0 Å². The Morgan fingerprint density at radius 3 is 2.54 bits per heavy atom. The van der Waals surface area contributed by atoms with Gasteiger partial charge >= 0.3 is 0 Å². The minimum absolute atomic E-state index is 0.452. The molecule has 0 saturated heterocycles. The maximum Gasteiger partial charge on any atom is 0.130 e.